The first-order valence-electron chi connectivity index (χ1n) is 8.93. The van der Waals surface area contributed by atoms with Crippen LogP contribution in [0.5, 0.6) is 5.75 Å². The molecule has 0 saturated heterocycles. The van der Waals surface area contributed by atoms with Gasteiger partial charge in [0.05, 0.1) is 12.5 Å². The summed E-state index contributed by atoms with van der Waals surface area (Å²) in [6, 6.07) is 9.65. The minimum Gasteiger partial charge on any atom is -0.494 e. The van der Waals surface area contributed by atoms with E-state index in [1.165, 1.54) is 0 Å². The number of hydrogen-bond donors (Lipinski definition) is 1. The highest BCUT2D eigenvalue weighted by molar-refractivity contribution is 6.00. The molecule has 5 nitrogen and oxygen atoms in total. The van der Waals surface area contributed by atoms with Gasteiger partial charge in [-0.25, -0.2) is 0 Å². The van der Waals surface area contributed by atoms with E-state index in [0.29, 0.717) is 36.4 Å². The smallest absolute Gasteiger partial charge is 0.205 e. The van der Waals surface area contributed by atoms with Crippen molar-refractivity contribution in [2.24, 2.45) is 11.1 Å². The van der Waals surface area contributed by atoms with Gasteiger partial charge in [-0.2, -0.15) is 5.26 Å². The minimum absolute atomic E-state index is 0.0211. The Bertz CT molecular complexity index is 826. The minimum atomic E-state index is -0.479. The Hall–Kier alpha value is -2.74. The quantitative estimate of drug-likeness (QED) is 0.887. The highest BCUT2D eigenvalue weighted by atomic mass is 16.5. The molecule has 1 aliphatic carbocycles. The molecule has 2 N–H and O–H groups in total. The van der Waals surface area contributed by atoms with Gasteiger partial charge < -0.3 is 15.2 Å². The molecule has 0 saturated carbocycles. The average Bonchev–Trinajstić information content (AvgIpc) is 2.58. The predicted molar refractivity (Wildman–Crippen MR) is 97.9 cm³/mol. The molecule has 0 fully saturated rings. The maximum Gasteiger partial charge on any atom is 0.205 e. The zero-order valence-electron chi connectivity index (χ0n) is 15.5. The van der Waals surface area contributed by atoms with Crippen LogP contribution in [0.2, 0.25) is 0 Å². The maximum absolute atomic E-state index is 12.9. The molecule has 3 rings (SSSR count). The second-order valence-electron chi connectivity index (χ2n) is 7.62. The molecule has 0 radical (unpaired) electrons. The molecule has 1 atom stereocenters. The Balaban J connectivity index is 2.03. The molecular weight excluding hydrogens is 328 g/mol. The van der Waals surface area contributed by atoms with E-state index in [2.05, 4.69) is 6.07 Å². The van der Waals surface area contributed by atoms with Crippen LogP contribution in [0, 0.1) is 16.7 Å². The number of nitrogens with two attached hydrogens (primary N) is 1. The van der Waals surface area contributed by atoms with Crippen molar-refractivity contribution >= 4 is 5.78 Å². The van der Waals surface area contributed by atoms with Crippen LogP contribution >= 0.6 is 0 Å². The predicted octanol–water partition coefficient (Wildman–Crippen LogP) is 3.93. The molecular formula is C21H24N2O3. The van der Waals surface area contributed by atoms with Crippen LogP contribution in [0.3, 0.4) is 0 Å². The summed E-state index contributed by atoms with van der Waals surface area (Å²) in [4.78, 5) is 12.9. The van der Waals surface area contributed by atoms with Crippen molar-refractivity contribution in [3.63, 3.8) is 0 Å². The summed E-state index contributed by atoms with van der Waals surface area (Å²) in [5.41, 5.74) is 7.54. The first-order valence-corrected chi connectivity index (χ1v) is 8.93. The van der Waals surface area contributed by atoms with Crippen LogP contribution in [-0.2, 0) is 9.53 Å². The van der Waals surface area contributed by atoms with Gasteiger partial charge in [0.25, 0.3) is 0 Å². The highest BCUT2D eigenvalue weighted by Crippen LogP contribution is 2.47. The van der Waals surface area contributed by atoms with Crippen LogP contribution in [0.4, 0.5) is 0 Å². The normalized spacial score (nSPS) is 21.8. The molecule has 0 bridgehead atoms. The molecule has 0 aromatic heterocycles. The van der Waals surface area contributed by atoms with Gasteiger partial charge in [-0.1, -0.05) is 32.9 Å². The molecule has 0 amide bonds. The number of ketones is 1. The summed E-state index contributed by atoms with van der Waals surface area (Å²) in [6.07, 6.45) is 1.99. The van der Waals surface area contributed by atoms with Crippen molar-refractivity contribution < 1.29 is 14.3 Å². The lowest BCUT2D eigenvalue weighted by atomic mass is 9.70. The van der Waals surface area contributed by atoms with Crippen molar-refractivity contribution in [1.29, 1.82) is 5.26 Å². The lowest BCUT2D eigenvalue weighted by molar-refractivity contribution is -0.119. The monoisotopic (exact) mass is 352 g/mol. The largest absolute Gasteiger partial charge is 0.494 e. The third-order valence-corrected chi connectivity index (χ3v) is 4.76. The van der Waals surface area contributed by atoms with Crippen LogP contribution in [0.15, 0.2) is 47.1 Å². The van der Waals surface area contributed by atoms with Gasteiger partial charge in [-0.15, -0.1) is 0 Å². The van der Waals surface area contributed by atoms with Crippen LogP contribution in [0.25, 0.3) is 0 Å². The number of ether oxygens (including phenoxy) is 2. The number of nitriles is 1. The second-order valence-corrected chi connectivity index (χ2v) is 7.62. The zero-order valence-corrected chi connectivity index (χ0v) is 15.5. The summed E-state index contributed by atoms with van der Waals surface area (Å²) in [5, 5.41) is 9.62. The third kappa shape index (κ3) is 3.32. The van der Waals surface area contributed by atoms with Gasteiger partial charge in [0.15, 0.2) is 5.78 Å². The Labute approximate surface area is 154 Å². The summed E-state index contributed by atoms with van der Waals surface area (Å²) in [6.45, 7) is 6.77. The molecule has 1 aromatic carbocycles. The summed E-state index contributed by atoms with van der Waals surface area (Å²) in [5.74, 6) is 0.996. The Kier molecular flexibility index (Phi) is 4.78. The van der Waals surface area contributed by atoms with E-state index in [4.69, 9.17) is 15.2 Å². The van der Waals surface area contributed by atoms with Crippen molar-refractivity contribution in [2.45, 2.75) is 46.0 Å². The van der Waals surface area contributed by atoms with Gasteiger partial charge >= 0.3 is 0 Å². The molecule has 1 aromatic rings. The second kappa shape index (κ2) is 6.87. The van der Waals surface area contributed by atoms with Gasteiger partial charge in [-0.05, 0) is 29.5 Å². The molecule has 0 spiro atoms. The van der Waals surface area contributed by atoms with Crippen molar-refractivity contribution in [3.8, 4) is 11.8 Å². The topological polar surface area (TPSA) is 85.3 Å². The summed E-state index contributed by atoms with van der Waals surface area (Å²) >= 11 is 0. The molecule has 26 heavy (non-hydrogen) atoms. The number of rotatable bonds is 4. The molecule has 1 heterocycles. The van der Waals surface area contributed by atoms with E-state index in [1.54, 1.807) is 0 Å². The fraction of sp³-hybridized carbons (Fsp3) is 0.429. The lowest BCUT2D eigenvalue weighted by Crippen LogP contribution is -2.33. The van der Waals surface area contributed by atoms with Gasteiger partial charge in [-0.3, -0.25) is 4.79 Å². The first kappa shape index (κ1) is 18.1. The van der Waals surface area contributed by atoms with E-state index >= 15 is 0 Å². The summed E-state index contributed by atoms with van der Waals surface area (Å²) < 4.78 is 11.3. The van der Waals surface area contributed by atoms with E-state index in [-0.39, 0.29) is 17.1 Å². The van der Waals surface area contributed by atoms with E-state index in [9.17, 15) is 10.1 Å². The number of carbonyl (C=O) groups excluding carboxylic acids is 1. The zero-order chi connectivity index (χ0) is 18.9. The highest BCUT2D eigenvalue weighted by Gasteiger charge is 2.42. The number of hydrogen-bond acceptors (Lipinski definition) is 5. The fourth-order valence-electron chi connectivity index (χ4n) is 3.59. The third-order valence-electron chi connectivity index (χ3n) is 4.76. The van der Waals surface area contributed by atoms with E-state index < -0.39 is 5.92 Å². The standard InChI is InChI=1S/C21H24N2O3/c1-4-9-25-14-7-5-13(6-8-14)18-15(12-22)20(23)26-17-11-21(2,3)10-16(24)19(17)18/h5-8,18H,4,9-11,23H2,1-3H3/t18-/m0/s1. The molecule has 1 aliphatic heterocycles. The Morgan fingerprint density at radius 2 is 2.00 bits per heavy atom. The van der Waals surface area contributed by atoms with Crippen LogP contribution in [0.1, 0.15) is 51.5 Å². The molecule has 0 unspecified atom stereocenters. The number of Topliss-reactive ketones (excluding diaryl/α,β-unsaturated/α-hetero) is 1. The number of nitrogens with zero attached hydrogens (tertiary/aromatic N) is 1. The van der Waals surface area contributed by atoms with E-state index in [0.717, 1.165) is 17.7 Å². The van der Waals surface area contributed by atoms with Crippen LogP contribution in [-0.4, -0.2) is 12.4 Å². The van der Waals surface area contributed by atoms with Crippen molar-refractivity contribution in [2.75, 3.05) is 6.61 Å². The fourth-order valence-corrected chi connectivity index (χ4v) is 3.59. The van der Waals surface area contributed by atoms with Gasteiger partial charge in [0.2, 0.25) is 5.88 Å². The maximum atomic E-state index is 12.9. The van der Waals surface area contributed by atoms with Crippen molar-refractivity contribution in [3.05, 3.63) is 52.6 Å². The summed E-state index contributed by atoms with van der Waals surface area (Å²) in [7, 11) is 0. The molecule has 5 heteroatoms. The Morgan fingerprint density at radius 3 is 2.62 bits per heavy atom. The SMILES string of the molecule is CCCOc1ccc([C@H]2C(C#N)=C(N)OC3=C2C(=O)CC(C)(C)C3)cc1. The molecule has 2 aliphatic rings. The average molecular weight is 352 g/mol. The van der Waals surface area contributed by atoms with Gasteiger partial charge in [0, 0.05) is 18.4 Å². The first-order chi connectivity index (χ1) is 12.4. The lowest BCUT2D eigenvalue weighted by Gasteiger charge is -2.37. The number of carbonyl (C=O) groups is 1. The Morgan fingerprint density at radius 1 is 1.31 bits per heavy atom. The number of benzene rings is 1. The molecule has 136 valence electrons. The van der Waals surface area contributed by atoms with Crippen molar-refractivity contribution in [1.82, 2.24) is 0 Å². The van der Waals surface area contributed by atoms with E-state index in [1.807, 2.05) is 45.0 Å². The van der Waals surface area contributed by atoms with Crippen LogP contribution < -0.4 is 10.5 Å². The van der Waals surface area contributed by atoms with Gasteiger partial charge in [0.1, 0.15) is 23.2 Å². The number of allylic oxidation sites excluding steroid dienone is 3.